The van der Waals surface area contributed by atoms with Crippen molar-refractivity contribution in [2.24, 2.45) is 16.5 Å². The molecule has 2 aromatic rings. The Kier molecular flexibility index (Phi) is 6.22. The molecule has 0 unspecified atom stereocenters. The van der Waals surface area contributed by atoms with Crippen molar-refractivity contribution in [1.82, 2.24) is 5.16 Å². The fourth-order valence-corrected chi connectivity index (χ4v) is 1.63. The van der Waals surface area contributed by atoms with Gasteiger partial charge in [0.15, 0.2) is 11.7 Å². The molecule has 8 heteroatoms. The minimum atomic E-state index is 0. The molecule has 1 heterocycles. The van der Waals surface area contributed by atoms with Gasteiger partial charge in [0.05, 0.1) is 18.0 Å². The summed E-state index contributed by atoms with van der Waals surface area (Å²) in [5, 5.41) is 3.90. The van der Waals surface area contributed by atoms with Gasteiger partial charge in [0, 0.05) is 18.1 Å². The Hall–Kier alpha value is -2.54. The van der Waals surface area contributed by atoms with Crippen LogP contribution in [0.1, 0.15) is 5.69 Å². The number of nitrogens with zero attached hydrogens (tertiary/aromatic N) is 2. The summed E-state index contributed by atoms with van der Waals surface area (Å²) in [6.45, 7) is 0.683. The molecule has 2 rings (SSSR count). The molecule has 7 nitrogen and oxygen atoms in total. The summed E-state index contributed by atoms with van der Waals surface area (Å²) in [4.78, 5) is 14.0. The van der Waals surface area contributed by atoms with Crippen LogP contribution in [0.4, 0.5) is 5.69 Å². The van der Waals surface area contributed by atoms with Gasteiger partial charge in [-0.15, -0.1) is 12.4 Å². The van der Waals surface area contributed by atoms with Crippen LogP contribution >= 0.6 is 12.4 Å². The molecular weight excluding hydrogens is 296 g/mol. The molecule has 4 N–H and O–H groups in total. The Balaban J connectivity index is 0.00000220. The smallest absolute Gasteiger partial charge is 0.293 e. The van der Waals surface area contributed by atoms with Crippen molar-refractivity contribution in [2.45, 2.75) is 6.42 Å². The molecule has 21 heavy (non-hydrogen) atoms. The van der Waals surface area contributed by atoms with E-state index >= 15 is 0 Å². The van der Waals surface area contributed by atoms with Crippen LogP contribution in [-0.2, 0) is 16.0 Å². The van der Waals surface area contributed by atoms with Gasteiger partial charge in [0.1, 0.15) is 0 Å². The minimum absolute atomic E-state index is 0. The molecule has 0 fully saturated rings. The summed E-state index contributed by atoms with van der Waals surface area (Å²) >= 11 is 0. The lowest BCUT2D eigenvalue weighted by molar-refractivity contribution is -0.128. The molecule has 0 saturated carbocycles. The Morgan fingerprint density at radius 3 is 2.67 bits per heavy atom. The second kappa shape index (κ2) is 7.91. The zero-order valence-corrected chi connectivity index (χ0v) is 11.9. The predicted octanol–water partition coefficient (Wildman–Crippen LogP) is 1.38. The highest BCUT2D eigenvalue weighted by Crippen LogP contribution is 2.23. The van der Waals surface area contributed by atoms with E-state index < -0.39 is 0 Å². The van der Waals surface area contributed by atoms with Gasteiger partial charge in [-0.05, 0) is 24.3 Å². The quantitative estimate of drug-likeness (QED) is 0.360. The summed E-state index contributed by atoms with van der Waals surface area (Å²) in [5.74, 6) is 0.636. The van der Waals surface area contributed by atoms with Crippen molar-refractivity contribution in [3.05, 3.63) is 36.0 Å². The molecule has 0 bridgehead atoms. The van der Waals surface area contributed by atoms with E-state index in [0.29, 0.717) is 24.3 Å². The molecule has 0 aliphatic heterocycles. The third-order valence-corrected chi connectivity index (χ3v) is 2.51. The summed E-state index contributed by atoms with van der Waals surface area (Å²) < 4.78 is 9.83. The van der Waals surface area contributed by atoms with E-state index in [9.17, 15) is 4.79 Å². The number of guanidine groups is 1. The van der Waals surface area contributed by atoms with E-state index in [1.165, 1.54) is 0 Å². The van der Waals surface area contributed by atoms with Gasteiger partial charge in [0.25, 0.3) is 6.47 Å². The van der Waals surface area contributed by atoms with E-state index in [4.69, 9.17) is 16.0 Å². The normalized spacial score (nSPS) is 9.52. The number of carbonyl (C=O) groups excluding carboxylic acids is 1. The second-order valence-corrected chi connectivity index (χ2v) is 3.98. The highest BCUT2D eigenvalue weighted by atomic mass is 35.5. The summed E-state index contributed by atoms with van der Waals surface area (Å²) in [6.07, 6.45) is 0.508. The van der Waals surface area contributed by atoms with Crippen LogP contribution < -0.4 is 11.5 Å². The maximum atomic E-state index is 10.0. The van der Waals surface area contributed by atoms with Gasteiger partial charge in [-0.25, -0.2) is 4.99 Å². The van der Waals surface area contributed by atoms with Crippen molar-refractivity contribution in [3.63, 3.8) is 0 Å². The minimum Gasteiger partial charge on any atom is -0.467 e. The zero-order valence-electron chi connectivity index (χ0n) is 11.1. The monoisotopic (exact) mass is 310 g/mol. The van der Waals surface area contributed by atoms with E-state index in [1.54, 1.807) is 18.2 Å². The lowest BCUT2D eigenvalue weighted by Gasteiger charge is -1.97. The first kappa shape index (κ1) is 16.5. The highest BCUT2D eigenvalue weighted by molar-refractivity contribution is 5.85. The van der Waals surface area contributed by atoms with Crippen LogP contribution in [0.15, 0.2) is 39.8 Å². The molecule has 1 aromatic heterocycles. The van der Waals surface area contributed by atoms with E-state index in [2.05, 4.69) is 14.9 Å². The zero-order chi connectivity index (χ0) is 14.4. The maximum absolute atomic E-state index is 10.0. The summed E-state index contributed by atoms with van der Waals surface area (Å²) in [5.41, 5.74) is 12.8. The number of nitrogens with two attached hydrogens (primary N) is 2. The predicted molar refractivity (Wildman–Crippen MR) is 80.4 cm³/mol. The molecular formula is C13H15ClN4O3. The Bertz CT molecular complexity index is 606. The van der Waals surface area contributed by atoms with E-state index in [-0.39, 0.29) is 25.0 Å². The Morgan fingerprint density at radius 2 is 2.05 bits per heavy atom. The number of carbonyl (C=O) groups is 1. The van der Waals surface area contributed by atoms with Crippen molar-refractivity contribution in [3.8, 4) is 11.3 Å². The van der Waals surface area contributed by atoms with Gasteiger partial charge in [-0.3, -0.25) is 4.79 Å². The highest BCUT2D eigenvalue weighted by Gasteiger charge is 2.06. The van der Waals surface area contributed by atoms with Crippen molar-refractivity contribution >= 4 is 30.5 Å². The average Bonchev–Trinajstić information content (AvgIpc) is 2.88. The lowest BCUT2D eigenvalue weighted by Crippen LogP contribution is -2.21. The van der Waals surface area contributed by atoms with Crippen molar-refractivity contribution < 1.29 is 14.1 Å². The fraction of sp³-hybridized carbons (Fsp3) is 0.154. The molecule has 112 valence electrons. The van der Waals surface area contributed by atoms with Gasteiger partial charge >= 0.3 is 0 Å². The standard InChI is InChI=1S/C13H14N4O3.ClH/c14-13(15)16-10-3-1-9(2-4-10)12-7-11(17-20-12)5-6-19-8-18;/h1-4,7-8H,5-6H2,(H4,14,15,16);1H. The first-order valence-corrected chi connectivity index (χ1v) is 5.90. The molecule has 0 aliphatic rings. The number of halogens is 1. The molecule has 0 atom stereocenters. The van der Waals surface area contributed by atoms with Gasteiger partial charge in [-0.2, -0.15) is 0 Å². The Morgan fingerprint density at radius 1 is 1.33 bits per heavy atom. The molecule has 0 radical (unpaired) electrons. The number of hydrogen-bond acceptors (Lipinski definition) is 5. The Labute approximate surface area is 127 Å². The second-order valence-electron chi connectivity index (χ2n) is 3.98. The van der Waals surface area contributed by atoms with Crippen molar-refractivity contribution in [1.29, 1.82) is 0 Å². The maximum Gasteiger partial charge on any atom is 0.293 e. The van der Waals surface area contributed by atoms with Gasteiger partial charge in [0.2, 0.25) is 0 Å². The number of aliphatic imine (C=N–C) groups is 1. The van der Waals surface area contributed by atoms with E-state index in [0.717, 1.165) is 11.3 Å². The average molecular weight is 311 g/mol. The summed E-state index contributed by atoms with van der Waals surface area (Å²) in [6, 6.07) is 8.99. The number of aromatic nitrogens is 1. The summed E-state index contributed by atoms with van der Waals surface area (Å²) in [7, 11) is 0. The number of benzene rings is 1. The first-order valence-electron chi connectivity index (χ1n) is 5.90. The number of hydrogen-bond donors (Lipinski definition) is 2. The molecule has 0 spiro atoms. The van der Waals surface area contributed by atoms with Crippen LogP contribution in [0.3, 0.4) is 0 Å². The molecule has 0 amide bonds. The SMILES string of the molecule is Cl.NC(N)=Nc1ccc(-c2cc(CCOC=O)no2)cc1. The van der Waals surface area contributed by atoms with Crippen molar-refractivity contribution in [2.75, 3.05) is 6.61 Å². The molecule has 0 saturated heterocycles. The van der Waals surface area contributed by atoms with Crippen LogP contribution in [0.2, 0.25) is 0 Å². The van der Waals surface area contributed by atoms with Crippen LogP contribution in [-0.4, -0.2) is 24.2 Å². The molecule has 0 aliphatic carbocycles. The van der Waals surface area contributed by atoms with Crippen LogP contribution in [0.25, 0.3) is 11.3 Å². The number of rotatable bonds is 6. The first-order chi connectivity index (χ1) is 9.69. The molecule has 1 aromatic carbocycles. The number of ether oxygens (including phenoxy) is 1. The lowest BCUT2D eigenvalue weighted by atomic mass is 10.1. The third-order valence-electron chi connectivity index (χ3n) is 2.51. The van der Waals surface area contributed by atoms with Crippen LogP contribution in [0, 0.1) is 0 Å². The van der Waals surface area contributed by atoms with Gasteiger partial charge < -0.3 is 20.7 Å². The van der Waals surface area contributed by atoms with Crippen LogP contribution in [0.5, 0.6) is 0 Å². The van der Waals surface area contributed by atoms with E-state index in [1.807, 2.05) is 12.1 Å². The topological polar surface area (TPSA) is 117 Å². The third kappa shape index (κ3) is 4.81. The fourth-order valence-electron chi connectivity index (χ4n) is 1.63. The largest absolute Gasteiger partial charge is 0.467 e. The van der Waals surface area contributed by atoms with Gasteiger partial charge in [-0.1, -0.05) is 5.16 Å².